The molecule has 0 radical (unpaired) electrons. The van der Waals surface area contributed by atoms with Gasteiger partial charge < -0.3 is 15.3 Å². The summed E-state index contributed by atoms with van der Waals surface area (Å²) in [5.41, 5.74) is 0. The fraction of sp³-hybridized carbons (Fsp3) is 0.833. The van der Waals surface area contributed by atoms with Crippen LogP contribution in [0.4, 0.5) is 0 Å². The molecule has 0 aromatic heterocycles. The summed E-state index contributed by atoms with van der Waals surface area (Å²) in [7, 11) is 0. The highest BCUT2D eigenvalue weighted by molar-refractivity contribution is 7.99. The molecule has 2 N–H and O–H groups in total. The summed E-state index contributed by atoms with van der Waals surface area (Å²) in [5, 5.41) is 12.2. The number of carboxylic acids is 1. The van der Waals surface area contributed by atoms with Crippen molar-refractivity contribution in [3.63, 3.8) is 0 Å². The lowest BCUT2D eigenvalue weighted by molar-refractivity contribution is -0.141. The number of hydrogen-bond donors (Lipinski definition) is 2. The molecule has 0 bridgehead atoms. The van der Waals surface area contributed by atoms with Crippen LogP contribution in [0.15, 0.2) is 0 Å². The van der Waals surface area contributed by atoms with Gasteiger partial charge in [0.2, 0.25) is 5.91 Å². The van der Waals surface area contributed by atoms with E-state index in [-0.39, 0.29) is 24.4 Å². The molecule has 102 valence electrons. The van der Waals surface area contributed by atoms with Gasteiger partial charge in [-0.3, -0.25) is 9.59 Å². The lowest BCUT2D eigenvalue weighted by Gasteiger charge is -2.37. The van der Waals surface area contributed by atoms with Crippen LogP contribution in [0.25, 0.3) is 0 Å². The minimum atomic E-state index is -0.826. The highest BCUT2D eigenvalue weighted by Gasteiger charge is 2.37. The number of hydrogen-bond acceptors (Lipinski definition) is 4. The molecular weight excluding hydrogens is 252 g/mol. The topological polar surface area (TPSA) is 69.6 Å². The van der Waals surface area contributed by atoms with Crippen LogP contribution in [0, 0.1) is 5.92 Å². The molecule has 2 aliphatic rings. The summed E-state index contributed by atoms with van der Waals surface area (Å²) in [6, 6.07) is -0.271. The Morgan fingerprint density at radius 3 is 2.89 bits per heavy atom. The Morgan fingerprint density at radius 2 is 2.28 bits per heavy atom. The number of amides is 1. The molecule has 1 amide bonds. The molecule has 0 aliphatic carbocycles. The monoisotopic (exact) mass is 272 g/mol. The number of thioether (sulfide) groups is 1. The van der Waals surface area contributed by atoms with Crippen molar-refractivity contribution in [3.8, 4) is 0 Å². The first-order valence-electron chi connectivity index (χ1n) is 6.43. The van der Waals surface area contributed by atoms with Gasteiger partial charge in [-0.25, -0.2) is 0 Å². The molecule has 3 atom stereocenters. The van der Waals surface area contributed by atoms with Crippen molar-refractivity contribution in [2.24, 2.45) is 5.92 Å². The molecule has 2 heterocycles. The molecule has 2 aliphatic heterocycles. The lowest BCUT2D eigenvalue weighted by atomic mass is 10.0. The van der Waals surface area contributed by atoms with Gasteiger partial charge in [-0.2, -0.15) is 11.8 Å². The number of carbonyl (C=O) groups excluding carboxylic acids is 1. The minimum Gasteiger partial charge on any atom is -0.481 e. The van der Waals surface area contributed by atoms with Crippen LogP contribution in [-0.2, 0) is 9.59 Å². The second-order valence-corrected chi connectivity index (χ2v) is 6.21. The summed E-state index contributed by atoms with van der Waals surface area (Å²) in [6.45, 7) is 3.63. The molecular formula is C12H20N2O3S. The van der Waals surface area contributed by atoms with E-state index in [9.17, 15) is 9.59 Å². The smallest absolute Gasteiger partial charge is 0.305 e. The third-order valence-electron chi connectivity index (χ3n) is 3.72. The van der Waals surface area contributed by atoms with Gasteiger partial charge in [-0.05, 0) is 18.9 Å². The van der Waals surface area contributed by atoms with E-state index in [1.807, 2.05) is 0 Å². The first-order valence-corrected chi connectivity index (χ1v) is 7.58. The second kappa shape index (κ2) is 5.93. The number of carboxylic acid groups (broad SMARTS) is 1. The van der Waals surface area contributed by atoms with E-state index in [0.717, 1.165) is 24.5 Å². The second-order valence-electron chi connectivity index (χ2n) is 5.06. The van der Waals surface area contributed by atoms with Crippen molar-refractivity contribution < 1.29 is 14.7 Å². The van der Waals surface area contributed by atoms with Crippen molar-refractivity contribution >= 4 is 23.6 Å². The number of nitrogens with zero attached hydrogens (tertiary/aromatic N) is 1. The van der Waals surface area contributed by atoms with Crippen LogP contribution in [0.1, 0.15) is 19.8 Å². The Labute approximate surface area is 111 Å². The average Bonchev–Trinajstić information content (AvgIpc) is 2.74. The summed E-state index contributed by atoms with van der Waals surface area (Å²) in [5.74, 6) is 1.25. The van der Waals surface area contributed by atoms with Crippen LogP contribution in [-0.4, -0.2) is 58.6 Å². The van der Waals surface area contributed by atoms with Gasteiger partial charge in [0.05, 0.1) is 18.5 Å². The van der Waals surface area contributed by atoms with E-state index in [2.05, 4.69) is 12.2 Å². The number of rotatable bonds is 3. The first kappa shape index (κ1) is 13.7. The third kappa shape index (κ3) is 2.98. The fourth-order valence-corrected chi connectivity index (χ4v) is 3.72. The van der Waals surface area contributed by atoms with Crippen LogP contribution in [0.3, 0.4) is 0 Å². The maximum atomic E-state index is 12.5. The zero-order valence-corrected chi connectivity index (χ0v) is 11.4. The Bertz CT molecular complexity index is 337. The Balaban J connectivity index is 2.03. The van der Waals surface area contributed by atoms with Crippen LogP contribution in [0.2, 0.25) is 0 Å². The van der Waals surface area contributed by atoms with Gasteiger partial charge in [0, 0.05) is 18.1 Å². The van der Waals surface area contributed by atoms with Gasteiger partial charge in [0.1, 0.15) is 0 Å². The molecule has 18 heavy (non-hydrogen) atoms. The summed E-state index contributed by atoms with van der Waals surface area (Å²) in [6.07, 6.45) is 1.07. The quantitative estimate of drug-likeness (QED) is 0.778. The predicted octanol–water partition coefficient (Wildman–Crippen LogP) is 0.403. The molecule has 0 aromatic carbocycles. The SMILES string of the molecule is CC1CCNC1C(=O)N1CCSCC1CC(=O)O. The molecule has 0 aromatic rings. The molecule has 3 unspecified atom stereocenters. The molecule has 0 spiro atoms. The molecule has 2 rings (SSSR count). The maximum absolute atomic E-state index is 12.5. The van der Waals surface area contributed by atoms with Gasteiger partial charge in [-0.1, -0.05) is 6.92 Å². The largest absolute Gasteiger partial charge is 0.481 e. The van der Waals surface area contributed by atoms with Gasteiger partial charge >= 0.3 is 5.97 Å². The standard InChI is InChI=1S/C12H20N2O3S/c1-8-2-3-13-11(8)12(17)14-4-5-18-7-9(14)6-10(15)16/h8-9,11,13H,2-7H2,1H3,(H,15,16). The fourth-order valence-electron chi connectivity index (χ4n) is 2.66. The Kier molecular flexibility index (Phi) is 4.50. The van der Waals surface area contributed by atoms with Crippen molar-refractivity contribution in [3.05, 3.63) is 0 Å². The van der Waals surface area contributed by atoms with Gasteiger partial charge in [-0.15, -0.1) is 0 Å². The summed E-state index contributed by atoms with van der Waals surface area (Å²) >= 11 is 1.73. The van der Waals surface area contributed by atoms with E-state index in [1.165, 1.54) is 0 Å². The maximum Gasteiger partial charge on any atom is 0.305 e. The predicted molar refractivity (Wildman–Crippen MR) is 70.7 cm³/mol. The molecule has 0 saturated carbocycles. The van der Waals surface area contributed by atoms with Crippen LogP contribution < -0.4 is 5.32 Å². The zero-order chi connectivity index (χ0) is 13.1. The Hall–Kier alpha value is -0.750. The highest BCUT2D eigenvalue weighted by Crippen LogP contribution is 2.23. The van der Waals surface area contributed by atoms with E-state index < -0.39 is 5.97 Å². The van der Waals surface area contributed by atoms with Crippen molar-refractivity contribution in [2.75, 3.05) is 24.6 Å². The first-order chi connectivity index (χ1) is 8.59. The molecule has 6 heteroatoms. The number of carbonyl (C=O) groups is 2. The molecule has 5 nitrogen and oxygen atoms in total. The van der Waals surface area contributed by atoms with Crippen molar-refractivity contribution in [1.82, 2.24) is 10.2 Å². The van der Waals surface area contributed by atoms with Crippen molar-refractivity contribution in [1.29, 1.82) is 0 Å². The van der Waals surface area contributed by atoms with E-state index in [0.29, 0.717) is 12.5 Å². The van der Waals surface area contributed by atoms with E-state index in [4.69, 9.17) is 5.11 Å². The zero-order valence-electron chi connectivity index (χ0n) is 10.6. The van der Waals surface area contributed by atoms with E-state index >= 15 is 0 Å². The van der Waals surface area contributed by atoms with Gasteiger partial charge in [0.25, 0.3) is 0 Å². The van der Waals surface area contributed by atoms with Gasteiger partial charge in [0.15, 0.2) is 0 Å². The number of aliphatic carboxylic acids is 1. The number of nitrogens with one attached hydrogen (secondary N) is 1. The highest BCUT2D eigenvalue weighted by atomic mass is 32.2. The van der Waals surface area contributed by atoms with E-state index in [1.54, 1.807) is 16.7 Å². The average molecular weight is 272 g/mol. The van der Waals surface area contributed by atoms with Crippen LogP contribution >= 0.6 is 11.8 Å². The lowest BCUT2D eigenvalue weighted by Crippen LogP contribution is -2.54. The molecule has 2 saturated heterocycles. The third-order valence-corrected chi connectivity index (χ3v) is 4.81. The minimum absolute atomic E-state index is 0.0554. The van der Waals surface area contributed by atoms with Crippen molar-refractivity contribution in [2.45, 2.75) is 31.8 Å². The molecule has 2 fully saturated rings. The summed E-state index contributed by atoms with van der Waals surface area (Å²) < 4.78 is 0. The van der Waals surface area contributed by atoms with Crippen LogP contribution in [0.5, 0.6) is 0 Å². The summed E-state index contributed by atoms with van der Waals surface area (Å²) in [4.78, 5) is 25.1. The Morgan fingerprint density at radius 1 is 1.50 bits per heavy atom. The normalized spacial score (nSPS) is 32.5.